The normalized spacial score (nSPS) is 19.0. The number of rotatable bonds is 5. The number of hydrogen-bond acceptors (Lipinski definition) is 4. The van der Waals surface area contributed by atoms with E-state index in [1.807, 2.05) is 24.5 Å². The van der Waals surface area contributed by atoms with Crippen molar-refractivity contribution in [3.05, 3.63) is 53.9 Å². The van der Waals surface area contributed by atoms with Gasteiger partial charge in [0.2, 0.25) is 0 Å². The molecule has 110 valence electrons. The summed E-state index contributed by atoms with van der Waals surface area (Å²) in [4.78, 5) is 13.2. The highest BCUT2D eigenvalue weighted by molar-refractivity contribution is 5.29. The van der Waals surface area contributed by atoms with Crippen LogP contribution in [0.5, 0.6) is 0 Å². The molecule has 0 fully saturated rings. The minimum atomic E-state index is 0.224. The van der Waals surface area contributed by atoms with E-state index in [0.29, 0.717) is 5.92 Å². The van der Waals surface area contributed by atoms with Gasteiger partial charge in [0, 0.05) is 24.0 Å². The smallest absolute Gasteiger partial charge is 0.115 e. The molecule has 1 aliphatic rings. The molecular formula is C17H22N4. The van der Waals surface area contributed by atoms with Gasteiger partial charge in [-0.15, -0.1) is 0 Å². The summed E-state index contributed by atoms with van der Waals surface area (Å²) in [6.45, 7) is 3.18. The number of nitrogens with zero attached hydrogens (tertiary/aromatic N) is 3. The van der Waals surface area contributed by atoms with E-state index < -0.39 is 0 Å². The number of aryl methyl sites for hydroxylation is 1. The molecule has 0 amide bonds. The summed E-state index contributed by atoms with van der Waals surface area (Å²) in [5, 5.41) is 3.67. The van der Waals surface area contributed by atoms with Crippen LogP contribution in [0.4, 0.5) is 0 Å². The Morgan fingerprint density at radius 2 is 2.24 bits per heavy atom. The molecule has 2 heterocycles. The van der Waals surface area contributed by atoms with Gasteiger partial charge in [-0.25, -0.2) is 9.97 Å². The van der Waals surface area contributed by atoms with E-state index in [-0.39, 0.29) is 6.04 Å². The molecule has 1 N–H and O–H groups in total. The number of nitrogens with one attached hydrogen (secondary N) is 1. The maximum absolute atomic E-state index is 4.67. The van der Waals surface area contributed by atoms with Crippen LogP contribution in [0.2, 0.25) is 0 Å². The Labute approximate surface area is 126 Å². The summed E-state index contributed by atoms with van der Waals surface area (Å²) in [5.74, 6) is 0.399. The summed E-state index contributed by atoms with van der Waals surface area (Å²) >= 11 is 0. The van der Waals surface area contributed by atoms with E-state index in [9.17, 15) is 0 Å². The lowest BCUT2D eigenvalue weighted by atomic mass is 9.80. The van der Waals surface area contributed by atoms with Crippen LogP contribution in [0.3, 0.4) is 0 Å². The van der Waals surface area contributed by atoms with Crippen LogP contribution in [-0.2, 0) is 6.42 Å². The minimum absolute atomic E-state index is 0.224. The van der Waals surface area contributed by atoms with E-state index in [1.165, 1.54) is 17.7 Å². The maximum atomic E-state index is 4.67. The number of fused-ring (bicyclic) bond motifs is 1. The molecule has 2 aromatic rings. The lowest BCUT2D eigenvalue weighted by molar-refractivity contribution is 0.387. The van der Waals surface area contributed by atoms with Crippen molar-refractivity contribution in [3.8, 4) is 0 Å². The Morgan fingerprint density at radius 3 is 3.05 bits per heavy atom. The number of aromatic nitrogens is 3. The van der Waals surface area contributed by atoms with Gasteiger partial charge in [0.15, 0.2) is 0 Å². The third-order valence-corrected chi connectivity index (χ3v) is 4.18. The van der Waals surface area contributed by atoms with Gasteiger partial charge < -0.3 is 5.32 Å². The van der Waals surface area contributed by atoms with Crippen LogP contribution in [-0.4, -0.2) is 21.5 Å². The van der Waals surface area contributed by atoms with Crippen molar-refractivity contribution >= 4 is 0 Å². The molecule has 2 aromatic heterocycles. The Balaban J connectivity index is 1.94. The molecule has 0 aliphatic heterocycles. The van der Waals surface area contributed by atoms with Gasteiger partial charge in [-0.05, 0) is 49.9 Å². The highest BCUT2D eigenvalue weighted by Crippen LogP contribution is 2.38. The molecule has 0 radical (unpaired) electrons. The second-order valence-electron chi connectivity index (χ2n) is 5.61. The van der Waals surface area contributed by atoms with Crippen LogP contribution in [0, 0.1) is 0 Å². The predicted molar refractivity (Wildman–Crippen MR) is 83.0 cm³/mol. The lowest BCUT2D eigenvalue weighted by Gasteiger charge is -2.31. The first-order valence-corrected chi connectivity index (χ1v) is 7.83. The molecule has 0 spiro atoms. The third-order valence-electron chi connectivity index (χ3n) is 4.18. The Hall–Kier alpha value is -1.81. The van der Waals surface area contributed by atoms with Gasteiger partial charge >= 0.3 is 0 Å². The Bertz CT molecular complexity index is 570. The van der Waals surface area contributed by atoms with Gasteiger partial charge in [0.25, 0.3) is 0 Å². The van der Waals surface area contributed by atoms with Gasteiger partial charge in [0.05, 0.1) is 11.7 Å². The highest BCUT2D eigenvalue weighted by Gasteiger charge is 2.30. The van der Waals surface area contributed by atoms with Gasteiger partial charge in [-0.3, -0.25) is 4.98 Å². The average Bonchev–Trinajstić information content (AvgIpc) is 2.56. The molecule has 0 saturated carbocycles. The van der Waals surface area contributed by atoms with Crippen molar-refractivity contribution in [1.29, 1.82) is 0 Å². The second kappa shape index (κ2) is 6.76. The van der Waals surface area contributed by atoms with Crippen molar-refractivity contribution < 1.29 is 0 Å². The fraction of sp³-hybridized carbons (Fsp3) is 0.471. The van der Waals surface area contributed by atoms with Crippen molar-refractivity contribution in [2.24, 2.45) is 0 Å². The van der Waals surface area contributed by atoms with Gasteiger partial charge in [-0.1, -0.05) is 13.0 Å². The third kappa shape index (κ3) is 3.10. The molecular weight excluding hydrogens is 260 g/mol. The molecule has 4 heteroatoms. The first-order valence-electron chi connectivity index (χ1n) is 7.83. The Morgan fingerprint density at radius 1 is 1.29 bits per heavy atom. The highest BCUT2D eigenvalue weighted by atomic mass is 15.0. The Kier molecular flexibility index (Phi) is 4.55. The summed E-state index contributed by atoms with van der Waals surface area (Å²) in [6.07, 6.45) is 10.0. The molecule has 21 heavy (non-hydrogen) atoms. The molecule has 0 bridgehead atoms. The molecule has 0 saturated heterocycles. The molecule has 4 nitrogen and oxygen atoms in total. The van der Waals surface area contributed by atoms with E-state index in [4.69, 9.17) is 0 Å². The van der Waals surface area contributed by atoms with Gasteiger partial charge in [0.1, 0.15) is 6.33 Å². The average molecular weight is 282 g/mol. The molecule has 2 unspecified atom stereocenters. The van der Waals surface area contributed by atoms with Crippen LogP contribution in [0.15, 0.2) is 36.9 Å². The van der Waals surface area contributed by atoms with Crippen LogP contribution in [0.1, 0.15) is 55.1 Å². The van der Waals surface area contributed by atoms with E-state index in [2.05, 4.69) is 33.3 Å². The topological polar surface area (TPSA) is 50.7 Å². The number of pyridine rings is 1. The van der Waals surface area contributed by atoms with Crippen molar-refractivity contribution in [2.75, 3.05) is 6.54 Å². The molecule has 3 rings (SSSR count). The van der Waals surface area contributed by atoms with Crippen LogP contribution >= 0.6 is 0 Å². The predicted octanol–water partition coefficient (Wildman–Crippen LogP) is 3.03. The quantitative estimate of drug-likeness (QED) is 0.916. The SMILES string of the molecule is CCCNC(c1ccncn1)C1CCCc2cccnc21. The summed E-state index contributed by atoms with van der Waals surface area (Å²) in [5.41, 5.74) is 3.71. The summed E-state index contributed by atoms with van der Waals surface area (Å²) < 4.78 is 0. The zero-order chi connectivity index (χ0) is 14.5. The minimum Gasteiger partial charge on any atom is -0.308 e. The number of hydrogen-bond donors (Lipinski definition) is 1. The fourth-order valence-corrected chi connectivity index (χ4v) is 3.21. The summed E-state index contributed by atoms with van der Waals surface area (Å²) in [6, 6.07) is 6.50. The second-order valence-corrected chi connectivity index (χ2v) is 5.61. The monoisotopic (exact) mass is 282 g/mol. The van der Waals surface area contributed by atoms with E-state index in [0.717, 1.165) is 31.5 Å². The fourth-order valence-electron chi connectivity index (χ4n) is 3.21. The maximum Gasteiger partial charge on any atom is 0.115 e. The van der Waals surface area contributed by atoms with Crippen molar-refractivity contribution in [2.45, 2.75) is 44.6 Å². The molecule has 0 aromatic carbocycles. The molecule has 1 aliphatic carbocycles. The van der Waals surface area contributed by atoms with Crippen molar-refractivity contribution in [1.82, 2.24) is 20.3 Å². The van der Waals surface area contributed by atoms with Crippen molar-refractivity contribution in [3.63, 3.8) is 0 Å². The summed E-state index contributed by atoms with van der Waals surface area (Å²) in [7, 11) is 0. The largest absolute Gasteiger partial charge is 0.308 e. The zero-order valence-electron chi connectivity index (χ0n) is 12.5. The standard InChI is InChI=1S/C17H22N4/c1-2-9-19-17(15-8-11-18-12-21-15)14-7-3-5-13-6-4-10-20-16(13)14/h4,6,8,10-12,14,17,19H,2-3,5,7,9H2,1H3. The van der Waals surface area contributed by atoms with E-state index in [1.54, 1.807) is 6.33 Å². The van der Waals surface area contributed by atoms with E-state index >= 15 is 0 Å². The van der Waals surface area contributed by atoms with Crippen LogP contribution in [0.25, 0.3) is 0 Å². The first kappa shape index (κ1) is 14.1. The molecule has 2 atom stereocenters. The zero-order valence-corrected chi connectivity index (χ0v) is 12.5. The lowest BCUT2D eigenvalue weighted by Crippen LogP contribution is -2.31. The first-order chi connectivity index (χ1) is 10.4. The van der Waals surface area contributed by atoms with Crippen LogP contribution < -0.4 is 5.32 Å². The van der Waals surface area contributed by atoms with Gasteiger partial charge in [-0.2, -0.15) is 0 Å².